The second-order valence-electron chi connectivity index (χ2n) is 8.52. The minimum Gasteiger partial charge on any atom is -0.475 e. The number of hydrogen-bond acceptors (Lipinski definition) is 5. The molecule has 1 spiro atoms. The topological polar surface area (TPSA) is 95.9 Å². The minimum atomic E-state index is -5.08. The van der Waals surface area contributed by atoms with Gasteiger partial charge in [-0.15, -0.1) is 0 Å². The molecule has 4 aliphatic rings. The summed E-state index contributed by atoms with van der Waals surface area (Å²) in [6.45, 7) is 2.68. The van der Waals surface area contributed by atoms with Crippen LogP contribution in [0.5, 0.6) is 0 Å². The summed E-state index contributed by atoms with van der Waals surface area (Å²) in [5.74, 6) is -2.76. The Morgan fingerprint density at radius 1 is 1.14 bits per heavy atom. The number of carboxylic acid groups (broad SMARTS) is 1. The van der Waals surface area contributed by atoms with Crippen LogP contribution in [0, 0.1) is 0 Å². The number of likely N-dealkylation sites (tertiary alicyclic amines) is 1. The molecule has 2 aliphatic carbocycles. The predicted octanol–water partition coefficient (Wildman–Crippen LogP) is 2.27. The van der Waals surface area contributed by atoms with Crippen LogP contribution < -0.4 is 4.72 Å². The van der Waals surface area contributed by atoms with E-state index in [-0.39, 0.29) is 17.0 Å². The van der Waals surface area contributed by atoms with Crippen LogP contribution >= 0.6 is 0 Å². The van der Waals surface area contributed by atoms with Crippen LogP contribution in [-0.2, 0) is 19.6 Å². The van der Waals surface area contributed by atoms with Gasteiger partial charge >= 0.3 is 12.1 Å². The number of ether oxygens (including phenoxy) is 1. The maximum absolute atomic E-state index is 12.0. The Kier molecular flexibility index (Phi) is 6.82. The van der Waals surface area contributed by atoms with Gasteiger partial charge in [-0.2, -0.15) is 13.2 Å². The highest BCUT2D eigenvalue weighted by atomic mass is 32.2. The lowest BCUT2D eigenvalue weighted by molar-refractivity contribution is -0.192. The van der Waals surface area contributed by atoms with Gasteiger partial charge in [0.15, 0.2) is 0 Å². The molecule has 2 saturated heterocycles. The van der Waals surface area contributed by atoms with E-state index in [0.717, 1.165) is 57.7 Å². The Bertz CT molecular complexity index is 694. The molecule has 168 valence electrons. The summed E-state index contributed by atoms with van der Waals surface area (Å²) < 4.78 is 64.9. The molecular formula is C18H29F3N2O5S. The highest BCUT2D eigenvalue weighted by Gasteiger charge is 2.45. The van der Waals surface area contributed by atoms with E-state index in [4.69, 9.17) is 14.6 Å². The Morgan fingerprint density at radius 2 is 1.79 bits per heavy atom. The van der Waals surface area contributed by atoms with Gasteiger partial charge in [-0.25, -0.2) is 17.9 Å². The Hall–Kier alpha value is -0.910. The molecule has 0 amide bonds. The van der Waals surface area contributed by atoms with Crippen LogP contribution in [0.25, 0.3) is 0 Å². The first-order valence-electron chi connectivity index (χ1n) is 10.2. The molecular weight excluding hydrogens is 413 g/mol. The average Bonchev–Trinajstić information content (AvgIpc) is 3.37. The molecule has 0 aromatic heterocycles. The second kappa shape index (κ2) is 8.68. The molecule has 0 aromatic carbocycles. The van der Waals surface area contributed by atoms with E-state index in [1.165, 1.54) is 19.3 Å². The van der Waals surface area contributed by atoms with Crippen LogP contribution in [0.2, 0.25) is 0 Å². The minimum absolute atomic E-state index is 0.00350. The van der Waals surface area contributed by atoms with Gasteiger partial charge in [0.25, 0.3) is 0 Å². The number of aliphatic carboxylic acids is 1. The molecule has 2 N–H and O–H groups in total. The van der Waals surface area contributed by atoms with Crippen molar-refractivity contribution in [3.63, 3.8) is 0 Å². The number of halogens is 3. The summed E-state index contributed by atoms with van der Waals surface area (Å²) in [7, 11) is -3.08. The normalized spacial score (nSPS) is 31.2. The maximum atomic E-state index is 12.0. The lowest BCUT2D eigenvalue weighted by atomic mass is 9.89. The maximum Gasteiger partial charge on any atom is 0.490 e. The van der Waals surface area contributed by atoms with Crippen molar-refractivity contribution < 1.29 is 36.2 Å². The van der Waals surface area contributed by atoms with Crippen molar-refractivity contribution in [2.75, 3.05) is 19.6 Å². The Morgan fingerprint density at radius 3 is 2.31 bits per heavy atom. The summed E-state index contributed by atoms with van der Waals surface area (Å²) in [6.07, 6.45) is 5.10. The van der Waals surface area contributed by atoms with Crippen molar-refractivity contribution in [1.82, 2.24) is 9.62 Å². The highest BCUT2D eigenvalue weighted by molar-refractivity contribution is 7.90. The fourth-order valence-electron chi connectivity index (χ4n) is 4.21. The van der Waals surface area contributed by atoms with Gasteiger partial charge in [-0.1, -0.05) is 6.42 Å². The fraction of sp³-hybridized carbons (Fsp3) is 0.944. The van der Waals surface area contributed by atoms with Crippen LogP contribution in [0.3, 0.4) is 0 Å². The summed E-state index contributed by atoms with van der Waals surface area (Å²) in [5.41, 5.74) is 0.00350. The molecule has 11 heteroatoms. The third-order valence-corrected chi connectivity index (χ3v) is 8.15. The smallest absolute Gasteiger partial charge is 0.475 e. The summed E-state index contributed by atoms with van der Waals surface area (Å²) in [5, 5.41) is 6.99. The summed E-state index contributed by atoms with van der Waals surface area (Å²) in [6, 6.07) is 0.789. The average molecular weight is 443 g/mol. The summed E-state index contributed by atoms with van der Waals surface area (Å²) in [4.78, 5) is 11.5. The van der Waals surface area contributed by atoms with Gasteiger partial charge < -0.3 is 9.84 Å². The molecule has 2 saturated carbocycles. The molecule has 7 nitrogen and oxygen atoms in total. The lowest BCUT2D eigenvalue weighted by Crippen LogP contribution is -2.48. The molecule has 4 fully saturated rings. The van der Waals surface area contributed by atoms with E-state index in [2.05, 4.69) is 9.62 Å². The number of nitrogens with one attached hydrogen (secondary N) is 1. The van der Waals surface area contributed by atoms with Gasteiger partial charge in [0, 0.05) is 25.7 Å². The predicted molar refractivity (Wildman–Crippen MR) is 98.9 cm³/mol. The van der Waals surface area contributed by atoms with E-state index in [0.29, 0.717) is 6.54 Å². The van der Waals surface area contributed by atoms with Crippen molar-refractivity contribution in [3.8, 4) is 0 Å². The monoisotopic (exact) mass is 442 g/mol. The molecule has 2 aliphatic heterocycles. The standard InChI is InChI=1S/C16H28N2O3S.C2HF3O2/c19-22(20,15-6-7-15)17-11-14-5-2-8-16(21-14)9-10-18(12-16)13-3-1-4-13;3-2(4,5)1(6)7/h13-15,17H,1-12H2;(H,6,7)/t14-,16+;/m0./s1. The van der Waals surface area contributed by atoms with Crippen molar-refractivity contribution in [2.24, 2.45) is 0 Å². The largest absolute Gasteiger partial charge is 0.490 e. The fourth-order valence-corrected chi connectivity index (χ4v) is 5.62. The quantitative estimate of drug-likeness (QED) is 0.678. The first-order chi connectivity index (χ1) is 13.5. The Labute approximate surface area is 169 Å². The zero-order valence-corrected chi connectivity index (χ0v) is 17.1. The molecule has 2 heterocycles. The van der Waals surface area contributed by atoms with Crippen LogP contribution in [-0.4, -0.2) is 73.2 Å². The zero-order chi connectivity index (χ0) is 21.3. The van der Waals surface area contributed by atoms with Gasteiger partial charge in [0.2, 0.25) is 10.0 Å². The van der Waals surface area contributed by atoms with E-state index in [9.17, 15) is 21.6 Å². The number of sulfonamides is 1. The second-order valence-corrected chi connectivity index (χ2v) is 10.6. The SMILES string of the molecule is O=C(O)C(F)(F)F.O=S(=O)(NC[C@@H]1CCC[C@]2(CCN(C3CCC3)C2)O1)C1CC1. The number of carboxylic acids is 1. The number of carbonyl (C=O) groups is 1. The molecule has 29 heavy (non-hydrogen) atoms. The van der Waals surface area contributed by atoms with Gasteiger partial charge in [0.05, 0.1) is 17.0 Å². The third-order valence-electron chi connectivity index (χ3n) is 6.23. The number of nitrogens with zero attached hydrogens (tertiary/aromatic N) is 1. The van der Waals surface area contributed by atoms with E-state index >= 15 is 0 Å². The third kappa shape index (κ3) is 6.05. The Balaban J connectivity index is 0.000000298. The molecule has 0 unspecified atom stereocenters. The van der Waals surface area contributed by atoms with E-state index in [1.54, 1.807) is 0 Å². The highest BCUT2D eigenvalue weighted by Crippen LogP contribution is 2.40. The first-order valence-corrected chi connectivity index (χ1v) is 11.8. The lowest BCUT2D eigenvalue weighted by Gasteiger charge is -2.41. The van der Waals surface area contributed by atoms with Crippen LogP contribution in [0.4, 0.5) is 13.2 Å². The molecule has 4 rings (SSSR count). The van der Waals surface area contributed by atoms with Crippen LogP contribution in [0.1, 0.15) is 57.8 Å². The van der Waals surface area contributed by atoms with Crippen molar-refractivity contribution in [3.05, 3.63) is 0 Å². The first kappa shape index (κ1) is 22.8. The molecule has 0 aromatic rings. The van der Waals surface area contributed by atoms with Crippen molar-refractivity contribution >= 4 is 16.0 Å². The molecule has 0 radical (unpaired) electrons. The summed E-state index contributed by atoms with van der Waals surface area (Å²) >= 11 is 0. The number of alkyl halides is 3. The van der Waals surface area contributed by atoms with Gasteiger partial charge in [-0.3, -0.25) is 4.90 Å². The molecule has 0 bridgehead atoms. The van der Waals surface area contributed by atoms with Crippen molar-refractivity contribution in [2.45, 2.75) is 87.0 Å². The number of hydrogen-bond donors (Lipinski definition) is 2. The van der Waals surface area contributed by atoms with Crippen molar-refractivity contribution in [1.29, 1.82) is 0 Å². The van der Waals surface area contributed by atoms with Crippen LogP contribution in [0.15, 0.2) is 0 Å². The van der Waals surface area contributed by atoms with Gasteiger partial charge in [-0.05, 0) is 51.4 Å². The number of rotatable bonds is 5. The van der Waals surface area contributed by atoms with E-state index in [1.807, 2.05) is 0 Å². The van der Waals surface area contributed by atoms with E-state index < -0.39 is 22.2 Å². The molecule has 2 atom stereocenters. The zero-order valence-electron chi connectivity index (χ0n) is 16.3. The van der Waals surface area contributed by atoms with Gasteiger partial charge in [0.1, 0.15) is 0 Å².